The smallest absolute Gasteiger partial charge is 0.373 e. The molecule has 0 fully saturated rings. The minimum Gasteiger partial charge on any atom is -0.373 e. The second-order valence-electron chi connectivity index (χ2n) is 4.83. The van der Waals surface area contributed by atoms with Gasteiger partial charge in [0.15, 0.2) is 5.82 Å². The zero-order chi connectivity index (χ0) is 19.3. The first-order chi connectivity index (χ1) is 12.2. The number of hydrogen-bond donors (Lipinski definition) is 2. The van der Waals surface area contributed by atoms with Crippen LogP contribution < -0.4 is 16.2 Å². The first-order valence-corrected chi connectivity index (χ1v) is 7.37. The van der Waals surface area contributed by atoms with Gasteiger partial charge in [0.05, 0.1) is 30.5 Å². The van der Waals surface area contributed by atoms with Crippen molar-refractivity contribution in [1.29, 1.82) is 0 Å². The molecule has 0 aromatic carbocycles. The molecule has 0 aliphatic carbocycles. The van der Waals surface area contributed by atoms with Gasteiger partial charge in [-0.1, -0.05) is 17.5 Å². The van der Waals surface area contributed by atoms with E-state index in [1.54, 1.807) is 0 Å². The van der Waals surface area contributed by atoms with Crippen molar-refractivity contribution in [2.45, 2.75) is 6.18 Å². The first-order valence-electron chi connectivity index (χ1n) is 6.99. The number of rotatable bonds is 5. The van der Waals surface area contributed by atoms with E-state index in [4.69, 9.17) is 18.0 Å². The number of halogens is 4. The van der Waals surface area contributed by atoms with Crippen LogP contribution in [0.2, 0.25) is 5.02 Å². The van der Waals surface area contributed by atoms with E-state index in [1.165, 1.54) is 0 Å². The summed E-state index contributed by atoms with van der Waals surface area (Å²) < 4.78 is 38.4. The Morgan fingerprint density at radius 2 is 2.08 bits per heavy atom. The number of terminal acetylenes is 1. The Kier molecular flexibility index (Phi) is 5.84. The second kappa shape index (κ2) is 7.88. The summed E-state index contributed by atoms with van der Waals surface area (Å²) in [7, 11) is 0. The third kappa shape index (κ3) is 4.52. The van der Waals surface area contributed by atoms with E-state index in [2.05, 4.69) is 26.6 Å². The molecule has 0 saturated carbocycles. The molecule has 136 valence electrons. The summed E-state index contributed by atoms with van der Waals surface area (Å²) in [6.07, 6.45) is 2.19. The van der Waals surface area contributed by atoms with Crippen LogP contribution in [0.1, 0.15) is 5.56 Å². The summed E-state index contributed by atoms with van der Waals surface area (Å²) >= 11 is 5.93. The topological polar surface area (TPSA) is 88.9 Å². The van der Waals surface area contributed by atoms with Gasteiger partial charge in [-0.05, 0) is 12.1 Å². The average Bonchev–Trinajstić information content (AvgIpc) is 2.60. The van der Waals surface area contributed by atoms with Crippen molar-refractivity contribution in [2.75, 3.05) is 18.4 Å². The normalized spacial score (nSPS) is 10.9. The lowest BCUT2D eigenvalue weighted by Crippen LogP contribution is -2.31. The van der Waals surface area contributed by atoms with Crippen molar-refractivity contribution in [1.82, 2.24) is 20.1 Å². The van der Waals surface area contributed by atoms with Gasteiger partial charge in [-0.3, -0.25) is 9.59 Å². The maximum atomic E-state index is 12.5. The van der Waals surface area contributed by atoms with Crippen molar-refractivity contribution >= 4 is 23.2 Å². The fourth-order valence-corrected chi connectivity index (χ4v) is 1.98. The third-order valence-electron chi connectivity index (χ3n) is 3.04. The van der Waals surface area contributed by atoms with Crippen LogP contribution in [-0.4, -0.2) is 33.8 Å². The molecule has 26 heavy (non-hydrogen) atoms. The van der Waals surface area contributed by atoms with Gasteiger partial charge in [0.2, 0.25) is 5.91 Å². The lowest BCUT2D eigenvalue weighted by molar-refractivity contribution is -0.137. The molecule has 0 saturated heterocycles. The molecule has 2 rings (SSSR count). The number of carbonyl (C=O) groups is 1. The summed E-state index contributed by atoms with van der Waals surface area (Å²) in [4.78, 5) is 27.3. The number of pyridine rings is 1. The Morgan fingerprint density at radius 1 is 1.35 bits per heavy atom. The van der Waals surface area contributed by atoms with Gasteiger partial charge in [0.25, 0.3) is 5.56 Å². The van der Waals surface area contributed by atoms with Crippen molar-refractivity contribution < 1.29 is 18.0 Å². The molecular weight excluding hydrogens is 375 g/mol. The highest BCUT2D eigenvalue weighted by molar-refractivity contribution is 6.33. The Morgan fingerprint density at radius 3 is 2.65 bits per heavy atom. The van der Waals surface area contributed by atoms with Gasteiger partial charge in [-0.25, -0.2) is 4.98 Å². The summed E-state index contributed by atoms with van der Waals surface area (Å²) in [5.41, 5.74) is -1.69. The summed E-state index contributed by atoms with van der Waals surface area (Å²) in [5, 5.41) is 8.51. The summed E-state index contributed by atoms with van der Waals surface area (Å²) in [5.74, 6) is 1.67. The van der Waals surface area contributed by atoms with Crippen molar-refractivity contribution in [2.24, 2.45) is 0 Å². The number of hydrogen-bond acceptors (Lipinski definition) is 5. The van der Waals surface area contributed by atoms with E-state index in [1.807, 2.05) is 0 Å². The van der Waals surface area contributed by atoms with Crippen LogP contribution in [-0.2, 0) is 11.0 Å². The molecule has 2 aromatic heterocycles. The molecule has 2 heterocycles. The first kappa shape index (κ1) is 19.3. The number of nitrogens with one attached hydrogen (secondary N) is 2. The molecule has 0 atom stereocenters. The molecule has 2 aromatic rings. The fourth-order valence-electron chi connectivity index (χ4n) is 1.79. The number of carbonyl (C=O) groups excluding carboxylic acids is 1. The highest BCUT2D eigenvalue weighted by atomic mass is 35.5. The van der Waals surface area contributed by atoms with Gasteiger partial charge >= 0.3 is 6.18 Å². The number of aromatic nitrogens is 3. The summed E-state index contributed by atoms with van der Waals surface area (Å²) in [6.45, 7) is -0.154. The minimum absolute atomic E-state index is 0.0493. The zero-order valence-corrected chi connectivity index (χ0v) is 13.7. The highest BCUT2D eigenvalue weighted by Gasteiger charge is 2.30. The molecule has 0 aliphatic heterocycles. The van der Waals surface area contributed by atoms with Crippen LogP contribution in [0.15, 0.2) is 29.3 Å². The minimum atomic E-state index is -4.55. The molecule has 0 aliphatic rings. The molecular formula is C15H11ClF3N5O2. The zero-order valence-electron chi connectivity index (χ0n) is 13.0. The SMILES string of the molecule is C#CCNC(=O)CNc1cnn(-c2ccc(C(F)(F)F)cn2)c(=O)c1Cl. The van der Waals surface area contributed by atoms with Crippen molar-refractivity contribution in [3.8, 4) is 18.2 Å². The van der Waals surface area contributed by atoms with Crippen LogP contribution in [0.4, 0.5) is 18.9 Å². The lowest BCUT2D eigenvalue weighted by Gasteiger charge is -2.10. The van der Waals surface area contributed by atoms with E-state index in [0.717, 1.165) is 23.0 Å². The van der Waals surface area contributed by atoms with Crippen molar-refractivity contribution in [3.63, 3.8) is 0 Å². The highest BCUT2D eigenvalue weighted by Crippen LogP contribution is 2.28. The van der Waals surface area contributed by atoms with E-state index < -0.39 is 23.2 Å². The maximum absolute atomic E-state index is 12.5. The quantitative estimate of drug-likeness (QED) is 0.761. The Labute approximate surface area is 150 Å². The second-order valence-corrected chi connectivity index (χ2v) is 5.20. The van der Waals surface area contributed by atoms with Gasteiger partial charge in [-0.2, -0.15) is 23.0 Å². The molecule has 1 amide bonds. The average molecular weight is 386 g/mol. The predicted octanol–water partition coefficient (Wildman–Crippen LogP) is 1.46. The van der Waals surface area contributed by atoms with Crippen LogP contribution in [0, 0.1) is 12.3 Å². The number of anilines is 1. The van der Waals surface area contributed by atoms with Crippen LogP contribution in [0.25, 0.3) is 5.82 Å². The monoisotopic (exact) mass is 385 g/mol. The van der Waals surface area contributed by atoms with E-state index >= 15 is 0 Å². The predicted molar refractivity (Wildman–Crippen MR) is 88.0 cm³/mol. The third-order valence-corrected chi connectivity index (χ3v) is 3.40. The molecule has 11 heteroatoms. The van der Waals surface area contributed by atoms with E-state index in [0.29, 0.717) is 6.20 Å². The van der Waals surface area contributed by atoms with Crippen molar-refractivity contribution in [3.05, 3.63) is 45.5 Å². The Bertz CT molecular complexity index is 903. The van der Waals surface area contributed by atoms with Crippen LogP contribution in [0.3, 0.4) is 0 Å². The molecule has 2 N–H and O–H groups in total. The number of alkyl halides is 3. The molecule has 0 bridgehead atoms. The van der Waals surface area contributed by atoms with Gasteiger partial charge < -0.3 is 10.6 Å². The largest absolute Gasteiger partial charge is 0.417 e. The lowest BCUT2D eigenvalue weighted by atomic mass is 10.3. The fraction of sp³-hybridized carbons (Fsp3) is 0.200. The molecule has 7 nitrogen and oxygen atoms in total. The van der Waals surface area contributed by atoms with Gasteiger partial charge in [0.1, 0.15) is 5.02 Å². The standard InChI is InChI=1S/C15H11ClF3N5O2/c1-2-5-20-12(25)8-21-10-7-23-24(14(26)13(10)16)11-4-3-9(6-22-11)15(17,18)19/h1,3-4,6-7,21H,5,8H2,(H,20,25). The van der Waals surface area contributed by atoms with Gasteiger partial charge in [-0.15, -0.1) is 6.42 Å². The van der Waals surface area contributed by atoms with Crippen LogP contribution in [0.5, 0.6) is 0 Å². The van der Waals surface area contributed by atoms with Gasteiger partial charge in [0, 0.05) is 6.20 Å². The molecule has 0 unspecified atom stereocenters. The number of nitrogens with zero attached hydrogens (tertiary/aromatic N) is 3. The Hall–Kier alpha value is -3.06. The van der Waals surface area contributed by atoms with Crippen LogP contribution >= 0.6 is 11.6 Å². The maximum Gasteiger partial charge on any atom is 0.417 e. The Balaban J connectivity index is 2.20. The van der Waals surface area contributed by atoms with E-state index in [9.17, 15) is 22.8 Å². The molecule has 0 radical (unpaired) electrons. The van der Waals surface area contributed by atoms with E-state index in [-0.39, 0.29) is 29.6 Å². The molecule has 0 spiro atoms. The summed E-state index contributed by atoms with van der Waals surface area (Å²) in [6, 6.07) is 1.76. The number of amides is 1.